The third-order valence-corrected chi connectivity index (χ3v) is 5.37. The minimum absolute atomic E-state index is 0.0638. The summed E-state index contributed by atoms with van der Waals surface area (Å²) in [5.74, 6) is -0.492. The largest absolute Gasteiger partial charge is 0.495 e. The van der Waals surface area contributed by atoms with Crippen molar-refractivity contribution in [3.05, 3.63) is 23.8 Å². The van der Waals surface area contributed by atoms with Crippen LogP contribution in [0.1, 0.15) is 24.8 Å². The standard InChI is InChI=1S/C20H26N2O5/c1-13-6-7-17(26-2)16(9-13)22-12-15(10-18(22)23)19(24)21-8-4-5-14(11-21)20(25)27-3/h6-7,9,14-15H,4-5,8,10-12H2,1-3H3. The molecule has 27 heavy (non-hydrogen) atoms. The molecule has 7 nitrogen and oxygen atoms in total. The molecule has 7 heteroatoms. The molecule has 2 unspecified atom stereocenters. The highest BCUT2D eigenvalue weighted by atomic mass is 16.5. The van der Waals surface area contributed by atoms with Gasteiger partial charge in [0.15, 0.2) is 0 Å². The van der Waals surface area contributed by atoms with Gasteiger partial charge >= 0.3 is 5.97 Å². The van der Waals surface area contributed by atoms with Crippen LogP contribution in [0.15, 0.2) is 18.2 Å². The molecular weight excluding hydrogens is 348 g/mol. The lowest BCUT2D eigenvalue weighted by Gasteiger charge is -2.33. The predicted octanol–water partition coefficient (Wildman–Crippen LogP) is 1.77. The first-order valence-electron chi connectivity index (χ1n) is 9.26. The molecule has 0 spiro atoms. The highest BCUT2D eigenvalue weighted by molar-refractivity contribution is 6.01. The van der Waals surface area contributed by atoms with Gasteiger partial charge in [0.1, 0.15) is 5.75 Å². The molecule has 2 heterocycles. The van der Waals surface area contributed by atoms with E-state index in [4.69, 9.17) is 9.47 Å². The summed E-state index contributed by atoms with van der Waals surface area (Å²) in [6, 6.07) is 5.66. The van der Waals surface area contributed by atoms with Crippen molar-refractivity contribution in [2.24, 2.45) is 11.8 Å². The Balaban J connectivity index is 1.73. The van der Waals surface area contributed by atoms with Gasteiger partial charge in [0.05, 0.1) is 31.7 Å². The maximum atomic E-state index is 13.0. The van der Waals surface area contributed by atoms with Crippen molar-refractivity contribution in [2.45, 2.75) is 26.2 Å². The number of carbonyl (C=O) groups is 3. The van der Waals surface area contributed by atoms with Crippen molar-refractivity contribution in [1.82, 2.24) is 4.90 Å². The number of carbonyl (C=O) groups excluding carboxylic acids is 3. The van der Waals surface area contributed by atoms with Crippen molar-refractivity contribution in [1.29, 1.82) is 0 Å². The van der Waals surface area contributed by atoms with Gasteiger partial charge in [-0.1, -0.05) is 6.07 Å². The molecule has 2 atom stereocenters. The van der Waals surface area contributed by atoms with Crippen LogP contribution in [0.4, 0.5) is 5.69 Å². The van der Waals surface area contributed by atoms with E-state index in [0.717, 1.165) is 18.4 Å². The number of ether oxygens (including phenoxy) is 2. The summed E-state index contributed by atoms with van der Waals surface area (Å²) >= 11 is 0. The van der Waals surface area contributed by atoms with Crippen molar-refractivity contribution < 1.29 is 23.9 Å². The van der Waals surface area contributed by atoms with Crippen molar-refractivity contribution >= 4 is 23.5 Å². The first-order valence-corrected chi connectivity index (χ1v) is 9.26. The number of piperidine rings is 1. The molecule has 1 aromatic rings. The minimum atomic E-state index is -0.404. The van der Waals surface area contributed by atoms with Gasteiger partial charge in [-0.2, -0.15) is 0 Å². The molecule has 2 amide bonds. The first kappa shape index (κ1) is 19.2. The Kier molecular flexibility index (Phi) is 5.68. The van der Waals surface area contributed by atoms with Crippen LogP contribution >= 0.6 is 0 Å². The molecule has 0 saturated carbocycles. The summed E-state index contributed by atoms with van der Waals surface area (Å²) in [6.45, 7) is 3.26. The van der Waals surface area contributed by atoms with Crippen molar-refractivity contribution in [3.8, 4) is 5.75 Å². The SMILES string of the molecule is COC(=O)C1CCCN(C(=O)C2CC(=O)N(c3cc(C)ccc3OC)C2)C1. The third-order valence-electron chi connectivity index (χ3n) is 5.37. The number of likely N-dealkylation sites (tertiary alicyclic amines) is 1. The van der Waals surface area contributed by atoms with E-state index >= 15 is 0 Å². The molecule has 0 aliphatic carbocycles. The van der Waals surface area contributed by atoms with Gasteiger partial charge in [0, 0.05) is 26.1 Å². The van der Waals surface area contributed by atoms with E-state index in [1.807, 2.05) is 25.1 Å². The van der Waals surface area contributed by atoms with Crippen molar-refractivity contribution in [3.63, 3.8) is 0 Å². The molecule has 2 aliphatic heterocycles. The number of amides is 2. The second-order valence-corrected chi connectivity index (χ2v) is 7.23. The lowest BCUT2D eigenvalue weighted by molar-refractivity contribution is -0.149. The smallest absolute Gasteiger partial charge is 0.310 e. The summed E-state index contributed by atoms with van der Waals surface area (Å²) in [5, 5.41) is 0. The van der Waals surface area contributed by atoms with E-state index in [-0.39, 0.29) is 30.1 Å². The van der Waals surface area contributed by atoms with E-state index in [1.54, 1.807) is 16.9 Å². The number of aryl methyl sites for hydroxylation is 1. The minimum Gasteiger partial charge on any atom is -0.495 e. The van der Waals surface area contributed by atoms with Crippen molar-refractivity contribution in [2.75, 3.05) is 38.8 Å². The topological polar surface area (TPSA) is 76.2 Å². The van der Waals surface area contributed by atoms with Gasteiger partial charge < -0.3 is 19.3 Å². The summed E-state index contributed by atoms with van der Waals surface area (Å²) < 4.78 is 10.2. The zero-order valence-corrected chi connectivity index (χ0v) is 16.1. The van der Waals surface area contributed by atoms with Gasteiger partial charge in [0.2, 0.25) is 11.8 Å². The molecule has 2 saturated heterocycles. The fourth-order valence-corrected chi connectivity index (χ4v) is 3.91. The normalized spacial score (nSPS) is 22.7. The zero-order chi connectivity index (χ0) is 19.6. The van der Waals surface area contributed by atoms with E-state index in [9.17, 15) is 14.4 Å². The van der Waals surface area contributed by atoms with E-state index in [2.05, 4.69) is 0 Å². The number of methoxy groups -OCH3 is 2. The number of nitrogens with zero attached hydrogens (tertiary/aromatic N) is 2. The molecule has 0 aromatic heterocycles. The average Bonchev–Trinajstić information content (AvgIpc) is 3.08. The molecule has 0 bridgehead atoms. The Labute approximate surface area is 159 Å². The fraction of sp³-hybridized carbons (Fsp3) is 0.550. The molecule has 2 fully saturated rings. The Hall–Kier alpha value is -2.57. The summed E-state index contributed by atoms with van der Waals surface area (Å²) in [7, 11) is 2.93. The van der Waals surface area contributed by atoms with E-state index < -0.39 is 5.92 Å². The van der Waals surface area contributed by atoms with Gasteiger partial charge in [0.25, 0.3) is 0 Å². The molecular formula is C20H26N2O5. The maximum absolute atomic E-state index is 13.0. The Morgan fingerprint density at radius 3 is 2.63 bits per heavy atom. The average molecular weight is 374 g/mol. The second-order valence-electron chi connectivity index (χ2n) is 7.23. The molecule has 3 rings (SSSR count). The first-order chi connectivity index (χ1) is 12.9. The van der Waals surface area contributed by atoms with Crippen LogP contribution < -0.4 is 9.64 Å². The van der Waals surface area contributed by atoms with Crippen LogP contribution in [0.5, 0.6) is 5.75 Å². The highest BCUT2D eigenvalue weighted by Gasteiger charge is 2.40. The van der Waals surface area contributed by atoms with Crippen LogP contribution in [0.2, 0.25) is 0 Å². The predicted molar refractivity (Wildman–Crippen MR) is 99.5 cm³/mol. The second kappa shape index (κ2) is 7.98. The Bertz CT molecular complexity index is 748. The van der Waals surface area contributed by atoms with E-state index in [0.29, 0.717) is 31.1 Å². The lowest BCUT2D eigenvalue weighted by Crippen LogP contribution is -2.45. The molecule has 0 radical (unpaired) electrons. The highest BCUT2D eigenvalue weighted by Crippen LogP contribution is 2.34. The number of anilines is 1. The summed E-state index contributed by atoms with van der Waals surface area (Å²) in [6.07, 6.45) is 1.67. The quantitative estimate of drug-likeness (QED) is 0.751. The molecule has 1 aromatic carbocycles. The van der Waals surface area contributed by atoms with Crippen LogP contribution in [-0.2, 0) is 19.1 Å². The number of benzene rings is 1. The number of rotatable bonds is 4. The summed E-state index contributed by atoms with van der Waals surface area (Å²) in [5.41, 5.74) is 1.72. The van der Waals surface area contributed by atoms with Crippen LogP contribution in [0.3, 0.4) is 0 Å². The van der Waals surface area contributed by atoms with Gasteiger partial charge in [-0.3, -0.25) is 14.4 Å². The van der Waals surface area contributed by atoms with E-state index in [1.165, 1.54) is 7.11 Å². The van der Waals surface area contributed by atoms with Crippen LogP contribution in [0, 0.1) is 18.8 Å². The van der Waals surface area contributed by atoms with Gasteiger partial charge in [-0.05, 0) is 37.5 Å². The lowest BCUT2D eigenvalue weighted by atomic mass is 9.96. The summed E-state index contributed by atoms with van der Waals surface area (Å²) in [4.78, 5) is 40.7. The monoisotopic (exact) mass is 374 g/mol. The maximum Gasteiger partial charge on any atom is 0.310 e. The molecule has 146 valence electrons. The Morgan fingerprint density at radius 2 is 1.93 bits per heavy atom. The fourth-order valence-electron chi connectivity index (χ4n) is 3.91. The number of hydrogen-bond donors (Lipinski definition) is 0. The van der Waals surface area contributed by atoms with Gasteiger partial charge in [-0.25, -0.2) is 0 Å². The molecule has 2 aliphatic rings. The Morgan fingerprint density at radius 1 is 1.15 bits per heavy atom. The van der Waals surface area contributed by atoms with Gasteiger partial charge in [-0.15, -0.1) is 0 Å². The van der Waals surface area contributed by atoms with Crippen LogP contribution in [-0.4, -0.2) is 56.5 Å². The third kappa shape index (κ3) is 3.91. The number of esters is 1. The zero-order valence-electron chi connectivity index (χ0n) is 16.1. The molecule has 0 N–H and O–H groups in total. The van der Waals surface area contributed by atoms with Crippen LogP contribution in [0.25, 0.3) is 0 Å². The number of hydrogen-bond acceptors (Lipinski definition) is 5.